The van der Waals surface area contributed by atoms with Crippen molar-refractivity contribution in [3.8, 4) is 0 Å². The van der Waals surface area contributed by atoms with Crippen molar-refractivity contribution in [1.29, 1.82) is 0 Å². The lowest BCUT2D eigenvalue weighted by Crippen LogP contribution is -2.38. The number of aryl methyl sites for hydroxylation is 1. The van der Waals surface area contributed by atoms with Gasteiger partial charge in [-0.2, -0.15) is 0 Å². The molecule has 4 rings (SSSR count). The van der Waals surface area contributed by atoms with E-state index in [2.05, 4.69) is 22.5 Å². The summed E-state index contributed by atoms with van der Waals surface area (Å²) in [4.78, 5) is 16.3. The molecule has 0 saturated heterocycles. The fourth-order valence-electron chi connectivity index (χ4n) is 3.19. The molecule has 0 saturated carbocycles. The summed E-state index contributed by atoms with van der Waals surface area (Å²) in [5.74, 6) is 1.61. The highest BCUT2D eigenvalue weighted by atomic mass is 32.1. The van der Waals surface area contributed by atoms with Gasteiger partial charge in [0.1, 0.15) is 16.5 Å². The molecule has 2 aromatic rings. The first-order valence-electron chi connectivity index (χ1n) is 7.66. The summed E-state index contributed by atoms with van der Waals surface area (Å²) >= 11 is 1.71. The predicted molar refractivity (Wildman–Crippen MR) is 86.2 cm³/mol. The van der Waals surface area contributed by atoms with Gasteiger partial charge in [0.15, 0.2) is 6.17 Å². The van der Waals surface area contributed by atoms with Gasteiger partial charge in [0, 0.05) is 18.0 Å². The Kier molecular flexibility index (Phi) is 3.23. The van der Waals surface area contributed by atoms with Crippen LogP contribution in [0.15, 0.2) is 16.5 Å². The molecule has 2 aromatic heterocycles. The molecule has 0 bridgehead atoms. The molecule has 0 unspecified atom stereocenters. The van der Waals surface area contributed by atoms with E-state index in [1.54, 1.807) is 11.3 Å². The highest BCUT2D eigenvalue weighted by Gasteiger charge is 2.33. The van der Waals surface area contributed by atoms with Crippen LogP contribution in [0.25, 0.3) is 0 Å². The van der Waals surface area contributed by atoms with Crippen LogP contribution in [0.1, 0.15) is 45.4 Å². The van der Waals surface area contributed by atoms with Gasteiger partial charge in [-0.15, -0.1) is 11.3 Å². The van der Waals surface area contributed by atoms with Crippen molar-refractivity contribution < 1.29 is 9.21 Å². The maximum atomic E-state index is 12.6. The summed E-state index contributed by atoms with van der Waals surface area (Å²) in [6, 6.07) is 3.82. The summed E-state index contributed by atoms with van der Waals surface area (Å²) < 4.78 is 5.64. The standard InChI is InChI=1S/C16H19N3O2S/c1-3-19-7-6-10-12(8-19)22-16-13(10)15(20)17-14(18-16)11-5-4-9(2)21-11/h4-5,14,18H,3,6-8H2,1-2H3,(H,17,20)/t14-/m0/s1. The van der Waals surface area contributed by atoms with Crippen LogP contribution in [0.4, 0.5) is 5.00 Å². The van der Waals surface area contributed by atoms with Gasteiger partial charge >= 0.3 is 0 Å². The van der Waals surface area contributed by atoms with Crippen molar-refractivity contribution in [2.75, 3.05) is 18.4 Å². The number of rotatable bonds is 2. The molecule has 22 heavy (non-hydrogen) atoms. The minimum Gasteiger partial charge on any atom is -0.462 e. The Labute approximate surface area is 133 Å². The number of carbonyl (C=O) groups is 1. The average molecular weight is 317 g/mol. The Balaban J connectivity index is 1.67. The zero-order chi connectivity index (χ0) is 15.3. The third-order valence-electron chi connectivity index (χ3n) is 4.41. The van der Waals surface area contributed by atoms with Crippen LogP contribution in [-0.4, -0.2) is 23.9 Å². The van der Waals surface area contributed by atoms with Crippen molar-refractivity contribution in [3.63, 3.8) is 0 Å². The summed E-state index contributed by atoms with van der Waals surface area (Å²) in [5.41, 5.74) is 2.07. The van der Waals surface area contributed by atoms with Crippen LogP contribution in [-0.2, 0) is 13.0 Å². The third-order valence-corrected chi connectivity index (χ3v) is 5.55. The molecule has 2 aliphatic rings. The van der Waals surface area contributed by atoms with Crippen molar-refractivity contribution in [1.82, 2.24) is 10.2 Å². The molecule has 2 N–H and O–H groups in total. The van der Waals surface area contributed by atoms with Crippen LogP contribution >= 0.6 is 11.3 Å². The maximum absolute atomic E-state index is 12.6. The number of furan rings is 1. The number of nitrogens with zero attached hydrogens (tertiary/aromatic N) is 1. The molecule has 0 aromatic carbocycles. The first kappa shape index (κ1) is 13.8. The minimum absolute atomic E-state index is 0.00949. The Bertz CT molecular complexity index is 734. The lowest BCUT2D eigenvalue weighted by molar-refractivity contribution is 0.0929. The van der Waals surface area contributed by atoms with E-state index in [0.717, 1.165) is 48.1 Å². The van der Waals surface area contributed by atoms with Crippen LogP contribution in [0, 0.1) is 6.92 Å². The molecular weight excluding hydrogens is 298 g/mol. The fraction of sp³-hybridized carbons (Fsp3) is 0.438. The van der Waals surface area contributed by atoms with Gasteiger partial charge in [0.05, 0.1) is 5.56 Å². The second-order valence-electron chi connectivity index (χ2n) is 5.83. The predicted octanol–water partition coefficient (Wildman–Crippen LogP) is 2.88. The Morgan fingerprint density at radius 3 is 3.00 bits per heavy atom. The molecule has 2 aliphatic heterocycles. The van der Waals surface area contributed by atoms with Crippen molar-refractivity contribution in [3.05, 3.63) is 39.7 Å². The number of carbonyl (C=O) groups excluding carboxylic acids is 1. The molecular formula is C16H19N3O2S. The maximum Gasteiger partial charge on any atom is 0.256 e. The molecule has 5 nitrogen and oxygen atoms in total. The van der Waals surface area contributed by atoms with Gasteiger partial charge in [-0.1, -0.05) is 6.92 Å². The number of thiophene rings is 1. The Morgan fingerprint density at radius 2 is 2.27 bits per heavy atom. The number of anilines is 1. The number of nitrogens with one attached hydrogen (secondary N) is 2. The zero-order valence-electron chi connectivity index (χ0n) is 12.7. The number of hydrogen-bond donors (Lipinski definition) is 2. The molecule has 1 atom stereocenters. The SMILES string of the molecule is CCN1CCc2c(sc3c2C(=O)N[C@H](c2ccc(C)o2)N3)C1. The van der Waals surface area contributed by atoms with Gasteiger partial charge in [0.25, 0.3) is 5.91 Å². The highest BCUT2D eigenvalue weighted by molar-refractivity contribution is 7.16. The fourth-order valence-corrected chi connectivity index (χ4v) is 4.51. The number of amides is 1. The normalized spacial score (nSPS) is 21.0. The van der Waals surface area contributed by atoms with Gasteiger partial charge in [-0.05, 0) is 37.6 Å². The zero-order valence-corrected chi connectivity index (χ0v) is 13.5. The van der Waals surface area contributed by atoms with Crippen molar-refractivity contribution in [2.45, 2.75) is 33.0 Å². The number of fused-ring (bicyclic) bond motifs is 3. The molecule has 116 valence electrons. The summed E-state index contributed by atoms with van der Waals surface area (Å²) in [6.45, 7) is 7.11. The van der Waals surface area contributed by atoms with Crippen LogP contribution in [0.2, 0.25) is 0 Å². The summed E-state index contributed by atoms with van der Waals surface area (Å²) in [7, 11) is 0. The van der Waals surface area contributed by atoms with E-state index in [9.17, 15) is 4.79 Å². The van der Waals surface area contributed by atoms with E-state index in [-0.39, 0.29) is 12.1 Å². The molecule has 0 radical (unpaired) electrons. The van der Waals surface area contributed by atoms with Gasteiger partial charge < -0.3 is 15.1 Å². The monoisotopic (exact) mass is 317 g/mol. The van der Waals surface area contributed by atoms with E-state index in [1.165, 1.54) is 10.4 Å². The quantitative estimate of drug-likeness (QED) is 0.894. The highest BCUT2D eigenvalue weighted by Crippen LogP contribution is 2.40. The first-order valence-corrected chi connectivity index (χ1v) is 8.48. The van der Waals surface area contributed by atoms with Crippen molar-refractivity contribution >= 4 is 22.2 Å². The lowest BCUT2D eigenvalue weighted by atomic mass is 10.0. The second-order valence-corrected chi connectivity index (χ2v) is 6.93. The van der Waals surface area contributed by atoms with Crippen LogP contribution < -0.4 is 10.6 Å². The topological polar surface area (TPSA) is 57.5 Å². The largest absolute Gasteiger partial charge is 0.462 e. The summed E-state index contributed by atoms with van der Waals surface area (Å²) in [6.07, 6.45) is 0.672. The Hall–Kier alpha value is -1.79. The van der Waals surface area contributed by atoms with Gasteiger partial charge in [-0.3, -0.25) is 9.69 Å². The minimum atomic E-state index is -0.281. The van der Waals surface area contributed by atoms with Crippen LogP contribution in [0.5, 0.6) is 0 Å². The average Bonchev–Trinajstić information content (AvgIpc) is 3.09. The number of likely N-dealkylation sites (N-methyl/N-ethyl adjacent to an activating group) is 1. The van der Waals surface area contributed by atoms with E-state index >= 15 is 0 Å². The van der Waals surface area contributed by atoms with E-state index in [0.29, 0.717) is 0 Å². The molecule has 0 aliphatic carbocycles. The molecule has 1 amide bonds. The Morgan fingerprint density at radius 1 is 1.41 bits per heavy atom. The van der Waals surface area contributed by atoms with Gasteiger partial charge in [0.2, 0.25) is 0 Å². The molecule has 0 fully saturated rings. The molecule has 6 heteroatoms. The first-order chi connectivity index (χ1) is 10.7. The van der Waals surface area contributed by atoms with E-state index in [1.807, 2.05) is 19.1 Å². The smallest absolute Gasteiger partial charge is 0.256 e. The molecule has 4 heterocycles. The van der Waals surface area contributed by atoms with Gasteiger partial charge in [-0.25, -0.2) is 0 Å². The van der Waals surface area contributed by atoms with Crippen LogP contribution in [0.3, 0.4) is 0 Å². The summed E-state index contributed by atoms with van der Waals surface area (Å²) in [5, 5.41) is 7.41. The van der Waals surface area contributed by atoms with E-state index < -0.39 is 0 Å². The third kappa shape index (κ3) is 2.14. The van der Waals surface area contributed by atoms with Crippen molar-refractivity contribution in [2.24, 2.45) is 0 Å². The number of hydrogen-bond acceptors (Lipinski definition) is 5. The lowest BCUT2D eigenvalue weighted by Gasteiger charge is -2.27. The molecule has 0 spiro atoms. The van der Waals surface area contributed by atoms with E-state index in [4.69, 9.17) is 4.42 Å². The second kappa shape index (κ2) is 5.14.